The van der Waals surface area contributed by atoms with Crippen LogP contribution in [0.5, 0.6) is 0 Å². The van der Waals surface area contributed by atoms with Crippen LogP contribution in [0, 0.1) is 6.92 Å². The zero-order valence-electron chi connectivity index (χ0n) is 8.68. The molecule has 1 N–H and O–H groups in total. The van der Waals surface area contributed by atoms with E-state index in [9.17, 15) is 0 Å². The Kier molecular flexibility index (Phi) is 4.36. The van der Waals surface area contributed by atoms with E-state index in [-0.39, 0.29) is 0 Å². The maximum absolute atomic E-state index is 3.74. The Balaban J connectivity index is 2.63. The Morgan fingerprint density at radius 1 is 1.57 bits per heavy atom. The average molecular weight is 254 g/mol. The van der Waals surface area contributed by atoms with Crippen molar-refractivity contribution in [2.24, 2.45) is 0 Å². The first kappa shape index (κ1) is 11.5. The van der Waals surface area contributed by atoms with Crippen LogP contribution in [-0.2, 0) is 6.54 Å². The van der Waals surface area contributed by atoms with Gasteiger partial charge in [0, 0.05) is 17.1 Å². The third-order valence-corrected chi connectivity index (χ3v) is 2.77. The highest BCUT2D eigenvalue weighted by Gasteiger charge is 2.00. The van der Waals surface area contributed by atoms with Gasteiger partial charge in [0.15, 0.2) is 0 Å². The fraction of sp³-hybridized carbons (Fsp3) is 0.333. The molecule has 1 unspecified atom stereocenters. The summed E-state index contributed by atoms with van der Waals surface area (Å²) < 4.78 is 1.13. The zero-order chi connectivity index (χ0) is 10.6. The van der Waals surface area contributed by atoms with E-state index in [1.54, 1.807) is 0 Å². The Hall–Kier alpha value is -0.600. The lowest BCUT2D eigenvalue weighted by atomic mass is 10.1. The summed E-state index contributed by atoms with van der Waals surface area (Å²) in [6, 6.07) is 6.71. The highest BCUT2D eigenvalue weighted by atomic mass is 79.9. The number of rotatable bonds is 4. The standard InChI is InChI=1S/C12H16BrN/c1-4-10(3)14-8-11-5-6-12(13)7-9(11)2/h4-7,10,14H,1,8H2,2-3H3. The molecule has 1 nitrogen and oxygen atoms in total. The van der Waals surface area contributed by atoms with Gasteiger partial charge in [0.2, 0.25) is 0 Å². The molecule has 14 heavy (non-hydrogen) atoms. The van der Waals surface area contributed by atoms with E-state index < -0.39 is 0 Å². The zero-order valence-corrected chi connectivity index (χ0v) is 10.3. The monoisotopic (exact) mass is 253 g/mol. The van der Waals surface area contributed by atoms with E-state index in [0.717, 1.165) is 11.0 Å². The summed E-state index contributed by atoms with van der Waals surface area (Å²) in [5, 5.41) is 3.38. The van der Waals surface area contributed by atoms with E-state index in [1.807, 2.05) is 6.08 Å². The molecule has 1 rings (SSSR count). The van der Waals surface area contributed by atoms with Gasteiger partial charge in [-0.05, 0) is 37.1 Å². The summed E-state index contributed by atoms with van der Waals surface area (Å²) >= 11 is 3.45. The Labute approximate surface area is 94.3 Å². The van der Waals surface area contributed by atoms with Gasteiger partial charge < -0.3 is 5.32 Å². The molecule has 0 saturated carbocycles. The highest BCUT2D eigenvalue weighted by Crippen LogP contribution is 2.15. The summed E-state index contributed by atoms with van der Waals surface area (Å²) in [6.07, 6.45) is 1.91. The van der Waals surface area contributed by atoms with Gasteiger partial charge in [-0.15, -0.1) is 6.58 Å². The average Bonchev–Trinajstić information content (AvgIpc) is 2.16. The first-order valence-electron chi connectivity index (χ1n) is 4.74. The lowest BCUT2D eigenvalue weighted by Crippen LogP contribution is -2.23. The second-order valence-corrected chi connectivity index (χ2v) is 4.39. The molecule has 0 fully saturated rings. The van der Waals surface area contributed by atoms with Gasteiger partial charge in [-0.2, -0.15) is 0 Å². The van der Waals surface area contributed by atoms with Crippen molar-refractivity contribution >= 4 is 15.9 Å². The molecule has 1 aromatic rings. The fourth-order valence-electron chi connectivity index (χ4n) is 1.21. The summed E-state index contributed by atoms with van der Waals surface area (Å²) in [5.41, 5.74) is 2.64. The van der Waals surface area contributed by atoms with Crippen molar-refractivity contribution in [2.75, 3.05) is 0 Å². The lowest BCUT2D eigenvalue weighted by molar-refractivity contribution is 0.632. The first-order valence-corrected chi connectivity index (χ1v) is 5.53. The van der Waals surface area contributed by atoms with Gasteiger partial charge in [-0.1, -0.05) is 28.1 Å². The SMILES string of the molecule is C=CC(C)NCc1ccc(Br)cc1C. The van der Waals surface area contributed by atoms with Gasteiger partial charge in [-0.25, -0.2) is 0 Å². The number of hydrogen-bond donors (Lipinski definition) is 1. The lowest BCUT2D eigenvalue weighted by Gasteiger charge is -2.11. The molecule has 1 aromatic carbocycles. The number of nitrogens with one attached hydrogen (secondary N) is 1. The Morgan fingerprint density at radius 3 is 2.86 bits per heavy atom. The van der Waals surface area contributed by atoms with Crippen LogP contribution >= 0.6 is 15.9 Å². The van der Waals surface area contributed by atoms with Gasteiger partial charge in [0.1, 0.15) is 0 Å². The Morgan fingerprint density at radius 2 is 2.29 bits per heavy atom. The van der Waals surface area contributed by atoms with Crippen LogP contribution in [0.25, 0.3) is 0 Å². The van der Waals surface area contributed by atoms with Crippen molar-refractivity contribution in [1.29, 1.82) is 0 Å². The summed E-state index contributed by atoms with van der Waals surface area (Å²) in [6.45, 7) is 8.86. The molecule has 0 aromatic heterocycles. The second kappa shape index (κ2) is 5.32. The van der Waals surface area contributed by atoms with Gasteiger partial charge in [0.25, 0.3) is 0 Å². The van der Waals surface area contributed by atoms with Gasteiger partial charge >= 0.3 is 0 Å². The molecule has 0 radical (unpaired) electrons. The summed E-state index contributed by atoms with van der Waals surface area (Å²) in [5.74, 6) is 0. The molecule has 1 atom stereocenters. The maximum Gasteiger partial charge on any atom is 0.0222 e. The third kappa shape index (κ3) is 3.28. The smallest absolute Gasteiger partial charge is 0.0222 e. The van der Waals surface area contributed by atoms with E-state index in [0.29, 0.717) is 6.04 Å². The molecular weight excluding hydrogens is 238 g/mol. The quantitative estimate of drug-likeness (QED) is 0.812. The van der Waals surface area contributed by atoms with Crippen LogP contribution in [0.2, 0.25) is 0 Å². The minimum absolute atomic E-state index is 0.359. The van der Waals surface area contributed by atoms with Crippen molar-refractivity contribution < 1.29 is 0 Å². The second-order valence-electron chi connectivity index (χ2n) is 3.48. The van der Waals surface area contributed by atoms with Crippen LogP contribution in [0.15, 0.2) is 35.3 Å². The Bertz CT molecular complexity index is 320. The number of benzene rings is 1. The molecule has 0 bridgehead atoms. The van der Waals surface area contributed by atoms with E-state index in [4.69, 9.17) is 0 Å². The third-order valence-electron chi connectivity index (χ3n) is 2.27. The number of hydrogen-bond acceptors (Lipinski definition) is 1. The van der Waals surface area contributed by atoms with Crippen molar-refractivity contribution in [1.82, 2.24) is 5.32 Å². The van der Waals surface area contributed by atoms with E-state index in [1.165, 1.54) is 11.1 Å². The van der Waals surface area contributed by atoms with Crippen molar-refractivity contribution in [2.45, 2.75) is 26.4 Å². The summed E-state index contributed by atoms with van der Waals surface area (Å²) in [7, 11) is 0. The molecule has 0 saturated heterocycles. The maximum atomic E-state index is 3.74. The molecular formula is C12H16BrN. The van der Waals surface area contributed by atoms with Crippen molar-refractivity contribution in [3.05, 3.63) is 46.5 Å². The molecule has 76 valence electrons. The van der Waals surface area contributed by atoms with Gasteiger partial charge in [0.05, 0.1) is 0 Å². The molecule has 0 aliphatic heterocycles. The predicted molar refractivity (Wildman–Crippen MR) is 65.4 cm³/mol. The predicted octanol–water partition coefficient (Wildman–Crippen LogP) is 3.42. The van der Waals surface area contributed by atoms with Crippen LogP contribution in [0.3, 0.4) is 0 Å². The minimum Gasteiger partial charge on any atom is -0.307 e. The molecule has 0 aliphatic rings. The first-order chi connectivity index (χ1) is 6.63. The fourth-order valence-corrected chi connectivity index (χ4v) is 1.69. The normalized spacial score (nSPS) is 12.5. The molecule has 2 heteroatoms. The topological polar surface area (TPSA) is 12.0 Å². The molecule has 0 heterocycles. The highest BCUT2D eigenvalue weighted by molar-refractivity contribution is 9.10. The van der Waals surface area contributed by atoms with Crippen molar-refractivity contribution in [3.8, 4) is 0 Å². The van der Waals surface area contributed by atoms with Crippen LogP contribution in [-0.4, -0.2) is 6.04 Å². The van der Waals surface area contributed by atoms with E-state index >= 15 is 0 Å². The van der Waals surface area contributed by atoms with Crippen LogP contribution in [0.1, 0.15) is 18.1 Å². The largest absolute Gasteiger partial charge is 0.307 e. The molecule has 0 amide bonds. The molecule has 0 spiro atoms. The minimum atomic E-state index is 0.359. The van der Waals surface area contributed by atoms with Gasteiger partial charge in [-0.3, -0.25) is 0 Å². The van der Waals surface area contributed by atoms with E-state index in [2.05, 4.69) is 59.9 Å². The van der Waals surface area contributed by atoms with Crippen LogP contribution in [0.4, 0.5) is 0 Å². The van der Waals surface area contributed by atoms with Crippen molar-refractivity contribution in [3.63, 3.8) is 0 Å². The number of halogens is 1. The number of aryl methyl sites for hydroxylation is 1. The molecule has 0 aliphatic carbocycles. The van der Waals surface area contributed by atoms with Crippen LogP contribution < -0.4 is 5.32 Å². The summed E-state index contributed by atoms with van der Waals surface area (Å²) in [4.78, 5) is 0.